The Morgan fingerprint density at radius 3 is 2.30 bits per heavy atom. The van der Waals surface area contributed by atoms with Crippen LogP contribution in [0.25, 0.3) is 11.0 Å². The summed E-state index contributed by atoms with van der Waals surface area (Å²) in [4.78, 5) is 45.6. The molecule has 1 saturated carbocycles. The number of ether oxygens (including phenoxy) is 1. The molecule has 2 aliphatic heterocycles. The highest BCUT2D eigenvalue weighted by atomic mass is 19.4. The normalized spacial score (nSPS) is 24.7. The van der Waals surface area contributed by atoms with Gasteiger partial charge >= 0.3 is 17.8 Å². The lowest BCUT2D eigenvalue weighted by atomic mass is 9.77. The Hall–Kier alpha value is -3.19. The van der Waals surface area contributed by atoms with E-state index in [0.29, 0.717) is 24.5 Å². The number of carboxylic acid groups (broad SMARTS) is 1. The number of nitrogens with one attached hydrogen (secondary N) is 2. The predicted octanol–water partition coefficient (Wildman–Crippen LogP) is 1.97. The van der Waals surface area contributed by atoms with Gasteiger partial charge in [-0.05, 0) is 68.8 Å². The van der Waals surface area contributed by atoms with E-state index in [2.05, 4.69) is 22.8 Å². The molecule has 0 spiro atoms. The first-order valence-electron chi connectivity index (χ1n) is 12.2. The number of rotatable bonds is 4. The van der Waals surface area contributed by atoms with Crippen LogP contribution in [0.1, 0.15) is 56.0 Å². The number of aromatic nitrogens is 2. The van der Waals surface area contributed by atoms with Gasteiger partial charge in [-0.25, -0.2) is 9.59 Å². The first-order chi connectivity index (χ1) is 17.5. The minimum absolute atomic E-state index is 0.225. The molecule has 13 heteroatoms. The lowest BCUT2D eigenvalue weighted by molar-refractivity contribution is -0.192. The molecule has 3 aliphatic rings. The third-order valence-corrected chi connectivity index (χ3v) is 7.11. The number of aryl methyl sites for hydroxylation is 1. The molecule has 3 N–H and O–H groups in total. The van der Waals surface area contributed by atoms with Crippen molar-refractivity contribution in [3.05, 3.63) is 34.2 Å². The van der Waals surface area contributed by atoms with E-state index in [1.807, 2.05) is 6.07 Å². The van der Waals surface area contributed by atoms with Crippen LogP contribution in [0.15, 0.2) is 23.0 Å². The summed E-state index contributed by atoms with van der Waals surface area (Å²) in [5, 5.41) is 12.8. The van der Waals surface area contributed by atoms with Gasteiger partial charge in [0.1, 0.15) is 6.04 Å². The molecule has 1 aromatic heterocycles. The summed E-state index contributed by atoms with van der Waals surface area (Å²) in [6.07, 6.45) is 0.413. The van der Waals surface area contributed by atoms with Crippen molar-refractivity contribution in [2.75, 3.05) is 13.1 Å². The van der Waals surface area contributed by atoms with Crippen molar-refractivity contribution in [1.29, 1.82) is 0 Å². The number of nitrogens with zero attached hydrogens (tertiary/aromatic N) is 2. The number of fused-ring (bicyclic) bond motifs is 1. The zero-order chi connectivity index (χ0) is 26.9. The molecule has 1 atom stereocenters. The number of aliphatic carboxylic acids is 1. The second-order valence-corrected chi connectivity index (χ2v) is 9.61. The van der Waals surface area contributed by atoms with E-state index in [0.717, 1.165) is 49.8 Å². The molecule has 2 aromatic rings. The lowest BCUT2D eigenvalue weighted by Crippen LogP contribution is -2.44. The number of piperidine rings is 2. The molecule has 1 aliphatic carbocycles. The average Bonchev–Trinajstić information content (AvgIpc) is 3.06. The van der Waals surface area contributed by atoms with Crippen molar-refractivity contribution in [3.8, 4) is 0 Å². The molecule has 202 valence electrons. The molecule has 5 rings (SSSR count). The van der Waals surface area contributed by atoms with Crippen molar-refractivity contribution in [3.63, 3.8) is 0 Å². The number of benzene rings is 1. The monoisotopic (exact) mass is 526 g/mol. The average molecular weight is 527 g/mol. The Balaban J connectivity index is 0.000000405. The second kappa shape index (κ2) is 10.7. The fraction of sp³-hybridized carbons (Fsp3) is 0.583. The molecule has 3 fully saturated rings. The number of hydrogen-bond acceptors (Lipinski definition) is 6. The molecule has 0 radical (unpaired) electrons. The highest BCUT2D eigenvalue weighted by Gasteiger charge is 2.38. The van der Waals surface area contributed by atoms with Gasteiger partial charge in [-0.3, -0.25) is 24.0 Å². The summed E-state index contributed by atoms with van der Waals surface area (Å²) in [7, 11) is 1.74. The Kier molecular flexibility index (Phi) is 7.74. The summed E-state index contributed by atoms with van der Waals surface area (Å²) >= 11 is 0. The summed E-state index contributed by atoms with van der Waals surface area (Å²) in [6, 6.07) is 5.44. The Morgan fingerprint density at radius 2 is 1.70 bits per heavy atom. The summed E-state index contributed by atoms with van der Waals surface area (Å²) in [5.41, 5.74) is 2.55. The van der Waals surface area contributed by atoms with Crippen LogP contribution < -0.4 is 16.3 Å². The van der Waals surface area contributed by atoms with Gasteiger partial charge in [-0.15, -0.1) is 0 Å². The van der Waals surface area contributed by atoms with E-state index in [1.165, 1.54) is 10.1 Å². The molecular weight excluding hydrogens is 497 g/mol. The highest BCUT2D eigenvalue weighted by Crippen LogP contribution is 2.40. The van der Waals surface area contributed by atoms with E-state index in [4.69, 9.17) is 14.6 Å². The van der Waals surface area contributed by atoms with Crippen molar-refractivity contribution in [2.45, 2.75) is 68.9 Å². The molecule has 3 heterocycles. The van der Waals surface area contributed by atoms with Crippen molar-refractivity contribution in [1.82, 2.24) is 19.8 Å². The third kappa shape index (κ3) is 5.87. The van der Waals surface area contributed by atoms with E-state index in [-0.39, 0.29) is 18.0 Å². The molecule has 0 bridgehead atoms. The van der Waals surface area contributed by atoms with Gasteiger partial charge in [0.25, 0.3) is 0 Å². The minimum Gasteiger partial charge on any atom is -0.475 e. The summed E-state index contributed by atoms with van der Waals surface area (Å²) < 4.78 is 41.1. The maximum atomic E-state index is 12.9. The van der Waals surface area contributed by atoms with Gasteiger partial charge < -0.3 is 15.2 Å². The number of imidazole rings is 1. The van der Waals surface area contributed by atoms with Crippen LogP contribution in [-0.2, 0) is 26.2 Å². The fourth-order valence-electron chi connectivity index (χ4n) is 5.02. The van der Waals surface area contributed by atoms with Crippen LogP contribution in [0, 0.1) is 0 Å². The van der Waals surface area contributed by atoms with Gasteiger partial charge in [0.2, 0.25) is 11.8 Å². The van der Waals surface area contributed by atoms with E-state index >= 15 is 0 Å². The third-order valence-electron chi connectivity index (χ3n) is 7.11. The van der Waals surface area contributed by atoms with E-state index in [9.17, 15) is 27.6 Å². The largest absolute Gasteiger partial charge is 0.490 e. The molecule has 1 aromatic carbocycles. The van der Waals surface area contributed by atoms with Gasteiger partial charge in [0, 0.05) is 13.5 Å². The molecule has 37 heavy (non-hydrogen) atoms. The van der Waals surface area contributed by atoms with Crippen LogP contribution in [0.5, 0.6) is 0 Å². The predicted molar refractivity (Wildman–Crippen MR) is 125 cm³/mol. The van der Waals surface area contributed by atoms with E-state index in [1.54, 1.807) is 11.6 Å². The molecule has 2 saturated heterocycles. The van der Waals surface area contributed by atoms with Crippen LogP contribution in [0.4, 0.5) is 13.2 Å². The quantitative estimate of drug-likeness (QED) is 0.519. The molecular formula is C24H29F3N4O6. The van der Waals surface area contributed by atoms with Crippen molar-refractivity contribution >= 4 is 28.8 Å². The van der Waals surface area contributed by atoms with E-state index < -0.39 is 24.1 Å². The smallest absolute Gasteiger partial charge is 0.475 e. The number of hydrogen-bond donors (Lipinski definition) is 3. The Morgan fingerprint density at radius 1 is 1.05 bits per heavy atom. The SMILES string of the molecule is Cn1c(=O)n(C2CCC(=O)NC2=O)c2ccc(C3CC(OC4CCNCC4)C3)cc21.O=C(O)C(F)(F)F. The van der Waals surface area contributed by atoms with Crippen LogP contribution in [-0.4, -0.2) is 63.5 Å². The number of amides is 2. The minimum atomic E-state index is -5.08. The molecule has 1 unspecified atom stereocenters. The summed E-state index contributed by atoms with van der Waals surface area (Å²) in [6.45, 7) is 2.07. The highest BCUT2D eigenvalue weighted by molar-refractivity contribution is 6.00. The number of alkyl halides is 3. The number of carboxylic acids is 1. The topological polar surface area (TPSA) is 132 Å². The number of halogens is 3. The molecule has 10 nitrogen and oxygen atoms in total. The van der Waals surface area contributed by atoms with Gasteiger partial charge in [-0.1, -0.05) is 6.07 Å². The zero-order valence-electron chi connectivity index (χ0n) is 20.2. The number of carbonyl (C=O) groups excluding carboxylic acids is 2. The lowest BCUT2D eigenvalue weighted by Gasteiger charge is -2.39. The Bertz CT molecular complexity index is 1240. The van der Waals surface area contributed by atoms with Crippen molar-refractivity contribution in [2.24, 2.45) is 7.05 Å². The Labute approximate surface area is 209 Å². The van der Waals surface area contributed by atoms with Gasteiger partial charge in [-0.2, -0.15) is 13.2 Å². The van der Waals surface area contributed by atoms with Gasteiger partial charge in [0.05, 0.1) is 23.2 Å². The van der Waals surface area contributed by atoms with Gasteiger partial charge in [0.15, 0.2) is 0 Å². The maximum absolute atomic E-state index is 12.9. The van der Waals surface area contributed by atoms with Crippen LogP contribution in [0.2, 0.25) is 0 Å². The number of carbonyl (C=O) groups is 3. The van der Waals surface area contributed by atoms with Crippen LogP contribution >= 0.6 is 0 Å². The van der Waals surface area contributed by atoms with Crippen LogP contribution in [0.3, 0.4) is 0 Å². The molecule has 2 amide bonds. The first kappa shape index (κ1) is 26.9. The maximum Gasteiger partial charge on any atom is 0.490 e. The fourth-order valence-corrected chi connectivity index (χ4v) is 5.02. The standard InChI is InChI=1S/C22H28N4O4.C2HF3O2/c1-25-19-12-13(14-10-16(11-14)30-15-6-8-23-9-7-15)2-3-17(19)26(22(25)29)18-4-5-20(27)24-21(18)28;3-2(4,5)1(6)7/h2-3,12,14-16,18,23H,4-11H2,1H3,(H,24,27,28);(H,6,7). The second-order valence-electron chi connectivity index (χ2n) is 9.61. The number of imide groups is 1. The summed E-state index contributed by atoms with van der Waals surface area (Å²) in [5.74, 6) is -3.00. The first-order valence-corrected chi connectivity index (χ1v) is 12.2. The zero-order valence-corrected chi connectivity index (χ0v) is 20.2. The van der Waals surface area contributed by atoms with Crippen molar-refractivity contribution < 1.29 is 37.4 Å².